The molecule has 7 rings (SSSR count). The molecule has 2 heterocycles. The van der Waals surface area contributed by atoms with Crippen molar-refractivity contribution in [2.75, 3.05) is 7.05 Å². The molecule has 0 aliphatic heterocycles. The van der Waals surface area contributed by atoms with E-state index in [4.69, 9.17) is 5.73 Å². The van der Waals surface area contributed by atoms with Gasteiger partial charge in [-0.05, 0) is 24.1 Å². The van der Waals surface area contributed by atoms with Crippen molar-refractivity contribution in [3.8, 4) is 23.0 Å². The van der Waals surface area contributed by atoms with E-state index in [0.717, 1.165) is 29.5 Å². The van der Waals surface area contributed by atoms with Gasteiger partial charge in [-0.3, -0.25) is 9.98 Å². The maximum absolute atomic E-state index is 6.04. The number of hydrogen-bond donors (Lipinski definition) is 1. The third kappa shape index (κ3) is 6.68. The van der Waals surface area contributed by atoms with Crippen molar-refractivity contribution >= 4 is 55.6 Å². The number of rotatable bonds is 3. The number of aliphatic imine (C=N–C) groups is 2. The van der Waals surface area contributed by atoms with Gasteiger partial charge < -0.3 is 5.73 Å². The van der Waals surface area contributed by atoms with E-state index >= 15 is 0 Å². The van der Waals surface area contributed by atoms with Crippen LogP contribution in [0.5, 0.6) is 0 Å². The van der Waals surface area contributed by atoms with Gasteiger partial charge >= 0.3 is 0 Å². The van der Waals surface area contributed by atoms with E-state index in [1.807, 2.05) is 72.2 Å². The highest BCUT2D eigenvalue weighted by Crippen LogP contribution is 2.33. The topological polar surface area (TPSA) is 63.6 Å². The van der Waals surface area contributed by atoms with Crippen molar-refractivity contribution in [2.24, 2.45) is 21.6 Å². The Morgan fingerprint density at radius 3 is 2.59 bits per heavy atom. The zero-order chi connectivity index (χ0) is 31.9. The van der Waals surface area contributed by atoms with Crippen LogP contribution in [0.15, 0.2) is 131 Å². The van der Waals surface area contributed by atoms with Crippen LogP contribution in [0.3, 0.4) is 0 Å². The van der Waals surface area contributed by atoms with Crippen LogP contribution in [0.1, 0.15) is 32.3 Å². The number of thiophene rings is 1. The summed E-state index contributed by atoms with van der Waals surface area (Å²) in [5, 5.41) is 3.90. The highest BCUT2D eigenvalue weighted by atomic mass is 32.1. The predicted octanol–water partition coefficient (Wildman–Crippen LogP) is 7.97. The van der Waals surface area contributed by atoms with E-state index in [9.17, 15) is 0 Å². The summed E-state index contributed by atoms with van der Waals surface area (Å²) in [6.45, 7) is 4.35. The number of hydrogen-bond acceptors (Lipinski definition) is 3. The zero-order valence-corrected chi connectivity index (χ0v) is 27.2. The molecule has 0 radical (unpaired) electrons. The third-order valence-electron chi connectivity index (χ3n) is 8.00. The molecular formula is C41H36N4S. The number of amidine groups is 2. The Labute approximate surface area is 274 Å². The first-order valence-corrected chi connectivity index (χ1v) is 16.3. The van der Waals surface area contributed by atoms with Crippen LogP contribution >= 0.6 is 11.3 Å². The molecule has 0 bridgehead atoms. The molecule has 2 aliphatic rings. The Morgan fingerprint density at radius 2 is 1.74 bits per heavy atom. The zero-order valence-electron chi connectivity index (χ0n) is 26.4. The largest absolute Gasteiger partial charge is 0.383 e. The molecule has 0 saturated carbocycles. The van der Waals surface area contributed by atoms with Crippen LogP contribution in [0, 0.1) is 17.8 Å². The van der Waals surface area contributed by atoms with E-state index < -0.39 is 0 Å². The monoisotopic (exact) mass is 616 g/mol. The molecule has 2 aromatic heterocycles. The van der Waals surface area contributed by atoms with Gasteiger partial charge in [0.2, 0.25) is 0 Å². The number of nitrogens with two attached hydrogens (primary N) is 1. The molecule has 226 valence electrons. The molecule has 46 heavy (non-hydrogen) atoms. The lowest BCUT2D eigenvalue weighted by Crippen LogP contribution is -2.21. The molecule has 0 fully saturated rings. The van der Waals surface area contributed by atoms with Crippen molar-refractivity contribution in [2.45, 2.75) is 26.7 Å². The molecule has 1 unspecified atom stereocenters. The Kier molecular flexibility index (Phi) is 9.48. The number of benzene rings is 3. The summed E-state index contributed by atoms with van der Waals surface area (Å²) in [4.78, 5) is 13.3. The first-order chi connectivity index (χ1) is 22.5. The Balaban J connectivity index is 0.000000168. The van der Waals surface area contributed by atoms with Gasteiger partial charge in [0.1, 0.15) is 5.84 Å². The van der Waals surface area contributed by atoms with Gasteiger partial charge in [-0.15, -0.1) is 11.3 Å². The van der Waals surface area contributed by atoms with Gasteiger partial charge in [0, 0.05) is 68.4 Å². The van der Waals surface area contributed by atoms with Gasteiger partial charge in [0.25, 0.3) is 0 Å². The van der Waals surface area contributed by atoms with Crippen LogP contribution in [-0.4, -0.2) is 23.7 Å². The normalized spacial score (nSPS) is 18.1. The molecule has 5 heteroatoms. The second kappa shape index (κ2) is 14.2. The summed E-state index contributed by atoms with van der Waals surface area (Å²) in [5.41, 5.74) is 12.8. The fourth-order valence-corrected chi connectivity index (χ4v) is 6.99. The molecule has 4 nitrogen and oxygen atoms in total. The SMILES string of the molecule is C/C1=c2/c(sc3c(-c4cccc5cccnc45)cccc23)=C\CC#CC1.CN=C(N=C(N)c1ccccc1)C1=CC=CC(C)C=C1. The average molecular weight is 617 g/mol. The number of pyridine rings is 1. The standard InChI is InChI=1S/C24H17NS.C17H19N3/c1-16-8-3-2-4-14-21-22(16)20-13-6-12-19(24(20)26-21)18-11-5-9-17-10-7-15-25-23(17)18;1-13-7-6-10-15(12-11-13)17(19-2)20-16(18)14-8-4-3-5-9-14/h5-7,9-15H,4,8H2,1H3;3-13H,1-2H3,(H2,18,19,20)/b21-14+,22-16-;. The minimum atomic E-state index is 0.414. The average Bonchev–Trinajstić information content (AvgIpc) is 3.31. The number of para-hydroxylation sites is 1. The van der Waals surface area contributed by atoms with Crippen LogP contribution in [0.25, 0.3) is 43.8 Å². The maximum Gasteiger partial charge on any atom is 0.156 e. The number of nitrogens with zero attached hydrogens (tertiary/aromatic N) is 3. The van der Waals surface area contributed by atoms with Crippen molar-refractivity contribution in [1.29, 1.82) is 0 Å². The number of aromatic nitrogens is 1. The maximum atomic E-state index is 6.04. The van der Waals surface area contributed by atoms with Crippen LogP contribution < -0.4 is 15.5 Å². The molecular weight excluding hydrogens is 581 g/mol. The van der Waals surface area contributed by atoms with Crippen LogP contribution in [0.4, 0.5) is 0 Å². The van der Waals surface area contributed by atoms with Gasteiger partial charge in [-0.2, -0.15) is 0 Å². The molecule has 1 atom stereocenters. The Hall–Kier alpha value is -5.31. The fraction of sp³-hybridized carbons (Fsp3) is 0.146. The fourth-order valence-electron chi connectivity index (χ4n) is 5.64. The van der Waals surface area contributed by atoms with Crippen LogP contribution in [0.2, 0.25) is 0 Å². The van der Waals surface area contributed by atoms with E-state index in [0.29, 0.717) is 17.6 Å². The smallest absolute Gasteiger partial charge is 0.156 e. The van der Waals surface area contributed by atoms with Crippen LogP contribution in [-0.2, 0) is 0 Å². The van der Waals surface area contributed by atoms with E-state index in [1.165, 1.54) is 41.9 Å². The summed E-state index contributed by atoms with van der Waals surface area (Å²) >= 11 is 1.88. The second-order valence-corrected chi connectivity index (χ2v) is 12.3. The first kappa shape index (κ1) is 30.7. The molecule has 2 aliphatic carbocycles. The summed E-state index contributed by atoms with van der Waals surface area (Å²) < 4.78 is 2.69. The summed E-state index contributed by atoms with van der Waals surface area (Å²) in [6.07, 6.45) is 16.2. The minimum Gasteiger partial charge on any atom is -0.383 e. The van der Waals surface area contributed by atoms with E-state index in [1.54, 1.807) is 7.05 Å². The molecule has 0 amide bonds. The Morgan fingerprint density at radius 1 is 0.935 bits per heavy atom. The first-order valence-electron chi connectivity index (χ1n) is 15.5. The van der Waals surface area contributed by atoms with E-state index in [-0.39, 0.29) is 0 Å². The summed E-state index contributed by atoms with van der Waals surface area (Å²) in [5.74, 6) is 8.05. The second-order valence-electron chi connectivity index (χ2n) is 11.3. The number of fused-ring (bicyclic) bond motifs is 4. The highest BCUT2D eigenvalue weighted by Gasteiger charge is 2.13. The molecule has 2 N–H and O–H groups in total. The van der Waals surface area contributed by atoms with Gasteiger partial charge in [-0.25, -0.2) is 4.99 Å². The Bertz CT molecular complexity index is 2250. The quantitative estimate of drug-likeness (QED) is 0.127. The number of allylic oxidation sites excluding steroid dienone is 4. The van der Waals surface area contributed by atoms with Gasteiger partial charge in [-0.1, -0.05) is 134 Å². The third-order valence-corrected chi connectivity index (χ3v) is 9.23. The summed E-state index contributed by atoms with van der Waals surface area (Å²) in [6, 6.07) is 26.9. The molecule has 0 saturated heterocycles. The van der Waals surface area contributed by atoms with Crippen molar-refractivity contribution in [3.63, 3.8) is 0 Å². The highest BCUT2D eigenvalue weighted by molar-refractivity contribution is 7.17. The lowest BCUT2D eigenvalue weighted by Gasteiger charge is -2.07. The lowest BCUT2D eigenvalue weighted by atomic mass is 9.99. The molecule has 0 spiro atoms. The summed E-state index contributed by atoms with van der Waals surface area (Å²) in [7, 11) is 1.73. The van der Waals surface area contributed by atoms with Gasteiger partial charge in [0.15, 0.2) is 5.84 Å². The minimum absolute atomic E-state index is 0.414. The van der Waals surface area contributed by atoms with Crippen molar-refractivity contribution in [3.05, 3.63) is 136 Å². The van der Waals surface area contributed by atoms with Crippen molar-refractivity contribution < 1.29 is 0 Å². The van der Waals surface area contributed by atoms with Crippen molar-refractivity contribution in [1.82, 2.24) is 4.98 Å². The predicted molar refractivity (Wildman–Crippen MR) is 198 cm³/mol. The van der Waals surface area contributed by atoms with Gasteiger partial charge in [0.05, 0.1) is 5.52 Å². The van der Waals surface area contributed by atoms with E-state index in [2.05, 4.69) is 101 Å². The molecule has 5 aromatic rings. The lowest BCUT2D eigenvalue weighted by molar-refractivity contribution is 0.942. The molecule has 3 aromatic carbocycles.